The molecule has 0 aliphatic carbocycles. The summed E-state index contributed by atoms with van der Waals surface area (Å²) < 4.78 is 5.68. The SMILES string of the molecule is O=C(N[C@H]1C[C@H]2C(=O)N[C@@H](COCc3ccccc3)C(=O)N2C1)c1cccc2ccccc12. The summed E-state index contributed by atoms with van der Waals surface area (Å²) in [5.74, 6) is -0.577. The van der Waals surface area contributed by atoms with E-state index in [1.54, 1.807) is 11.0 Å². The van der Waals surface area contributed by atoms with Crippen molar-refractivity contribution in [2.24, 2.45) is 0 Å². The summed E-state index contributed by atoms with van der Waals surface area (Å²) in [7, 11) is 0. The molecule has 5 rings (SSSR count). The van der Waals surface area contributed by atoms with Crippen LogP contribution in [0.2, 0.25) is 0 Å². The van der Waals surface area contributed by atoms with Gasteiger partial charge >= 0.3 is 0 Å². The fourth-order valence-electron chi connectivity index (χ4n) is 4.63. The van der Waals surface area contributed by atoms with Crippen molar-refractivity contribution in [3.8, 4) is 0 Å². The van der Waals surface area contributed by atoms with Gasteiger partial charge in [-0.15, -0.1) is 0 Å². The molecule has 7 heteroatoms. The molecule has 2 aliphatic rings. The molecule has 2 saturated heterocycles. The quantitative estimate of drug-likeness (QED) is 0.612. The van der Waals surface area contributed by atoms with Crippen LogP contribution in [0.4, 0.5) is 0 Å². The average molecular weight is 444 g/mol. The summed E-state index contributed by atoms with van der Waals surface area (Å²) in [6.07, 6.45) is 0.395. The maximum absolute atomic E-state index is 13.0. The Morgan fingerprint density at radius 1 is 1.00 bits per heavy atom. The third-order valence-electron chi connectivity index (χ3n) is 6.27. The van der Waals surface area contributed by atoms with Gasteiger partial charge in [-0.05, 0) is 28.8 Å². The van der Waals surface area contributed by atoms with Crippen molar-refractivity contribution in [1.82, 2.24) is 15.5 Å². The molecule has 0 radical (unpaired) electrons. The second kappa shape index (κ2) is 9.03. The Labute approximate surface area is 191 Å². The minimum Gasteiger partial charge on any atom is -0.374 e. The first-order chi connectivity index (χ1) is 16.1. The number of nitrogens with zero attached hydrogens (tertiary/aromatic N) is 1. The van der Waals surface area contributed by atoms with E-state index in [1.165, 1.54) is 0 Å². The molecule has 3 amide bonds. The van der Waals surface area contributed by atoms with E-state index in [-0.39, 0.29) is 30.4 Å². The van der Waals surface area contributed by atoms with Crippen LogP contribution in [0.15, 0.2) is 72.8 Å². The van der Waals surface area contributed by atoms with Gasteiger partial charge in [0.1, 0.15) is 12.1 Å². The van der Waals surface area contributed by atoms with E-state index in [0.29, 0.717) is 25.1 Å². The molecule has 0 aromatic heterocycles. The maximum atomic E-state index is 13.0. The highest BCUT2D eigenvalue weighted by molar-refractivity contribution is 6.07. The van der Waals surface area contributed by atoms with E-state index in [1.807, 2.05) is 66.7 Å². The monoisotopic (exact) mass is 443 g/mol. The Bertz CT molecular complexity index is 1190. The zero-order valence-corrected chi connectivity index (χ0v) is 18.1. The van der Waals surface area contributed by atoms with E-state index in [9.17, 15) is 14.4 Å². The fraction of sp³-hybridized carbons (Fsp3) is 0.269. The molecule has 0 bridgehead atoms. The van der Waals surface area contributed by atoms with Gasteiger partial charge < -0.3 is 20.3 Å². The number of nitrogens with one attached hydrogen (secondary N) is 2. The topological polar surface area (TPSA) is 87.7 Å². The van der Waals surface area contributed by atoms with Gasteiger partial charge in [0.05, 0.1) is 13.2 Å². The lowest BCUT2D eigenvalue weighted by atomic mass is 10.0. The van der Waals surface area contributed by atoms with Gasteiger partial charge in [-0.2, -0.15) is 0 Å². The van der Waals surface area contributed by atoms with Crippen molar-refractivity contribution >= 4 is 28.5 Å². The molecule has 3 aromatic rings. The highest BCUT2D eigenvalue weighted by Crippen LogP contribution is 2.24. The Kier molecular flexibility index (Phi) is 5.79. The van der Waals surface area contributed by atoms with Crippen LogP contribution in [0.3, 0.4) is 0 Å². The van der Waals surface area contributed by atoms with Gasteiger partial charge in [-0.3, -0.25) is 14.4 Å². The van der Waals surface area contributed by atoms with Crippen LogP contribution in [0.5, 0.6) is 0 Å². The van der Waals surface area contributed by atoms with Gasteiger partial charge in [-0.1, -0.05) is 66.7 Å². The van der Waals surface area contributed by atoms with Gasteiger partial charge in [-0.25, -0.2) is 0 Å². The second-order valence-electron chi connectivity index (χ2n) is 8.50. The zero-order chi connectivity index (χ0) is 22.8. The number of piperazine rings is 1. The largest absolute Gasteiger partial charge is 0.374 e. The highest BCUT2D eigenvalue weighted by Gasteiger charge is 2.46. The Morgan fingerprint density at radius 2 is 1.76 bits per heavy atom. The molecule has 2 N–H and O–H groups in total. The number of ether oxygens (including phenoxy) is 1. The maximum Gasteiger partial charge on any atom is 0.252 e. The first-order valence-corrected chi connectivity index (χ1v) is 11.1. The van der Waals surface area contributed by atoms with E-state index < -0.39 is 12.1 Å². The minimum atomic E-state index is -0.718. The summed E-state index contributed by atoms with van der Waals surface area (Å²) in [4.78, 5) is 40.2. The molecule has 0 spiro atoms. The normalized spacial score (nSPS) is 22.2. The lowest BCUT2D eigenvalue weighted by Crippen LogP contribution is -2.62. The molecule has 3 atom stereocenters. The molecule has 0 unspecified atom stereocenters. The van der Waals surface area contributed by atoms with Crippen LogP contribution < -0.4 is 10.6 Å². The molecular weight excluding hydrogens is 418 g/mol. The van der Waals surface area contributed by atoms with Crippen molar-refractivity contribution < 1.29 is 19.1 Å². The number of hydrogen-bond acceptors (Lipinski definition) is 4. The molecule has 2 fully saturated rings. The molecule has 168 valence electrons. The number of carbonyl (C=O) groups is 3. The standard InChI is InChI=1S/C26H25N3O4/c30-24(21-12-6-10-18-9-4-5-11-20(18)21)27-19-13-23-25(31)28-22(26(32)29(23)14-19)16-33-15-17-7-2-1-3-8-17/h1-12,19,22-23H,13-16H2,(H,27,30)(H,28,31)/t19-,22-,23-/m0/s1. The third-order valence-corrected chi connectivity index (χ3v) is 6.27. The number of fused-ring (bicyclic) bond motifs is 2. The van der Waals surface area contributed by atoms with Crippen LogP contribution in [0.1, 0.15) is 22.3 Å². The molecule has 2 aliphatic heterocycles. The van der Waals surface area contributed by atoms with Crippen LogP contribution in [-0.2, 0) is 20.9 Å². The summed E-state index contributed by atoms with van der Waals surface area (Å²) in [5.41, 5.74) is 1.59. The van der Waals surface area contributed by atoms with Crippen molar-refractivity contribution in [2.75, 3.05) is 13.2 Å². The Hall–Kier alpha value is -3.71. The average Bonchev–Trinajstić information content (AvgIpc) is 3.27. The number of rotatable bonds is 6. The second-order valence-corrected chi connectivity index (χ2v) is 8.50. The molecule has 33 heavy (non-hydrogen) atoms. The summed E-state index contributed by atoms with van der Waals surface area (Å²) >= 11 is 0. The summed E-state index contributed by atoms with van der Waals surface area (Å²) in [6.45, 7) is 0.784. The number of hydrogen-bond donors (Lipinski definition) is 2. The first-order valence-electron chi connectivity index (χ1n) is 11.1. The summed E-state index contributed by atoms with van der Waals surface area (Å²) in [5, 5.41) is 7.67. The van der Waals surface area contributed by atoms with Crippen LogP contribution in [-0.4, -0.2) is 53.9 Å². The molecular formula is C26H25N3O4. The number of benzene rings is 3. The van der Waals surface area contributed by atoms with Crippen molar-refractivity contribution in [3.05, 3.63) is 83.9 Å². The third kappa shape index (κ3) is 4.32. The first kappa shape index (κ1) is 21.2. The van der Waals surface area contributed by atoms with Crippen molar-refractivity contribution in [1.29, 1.82) is 0 Å². The lowest BCUT2D eigenvalue weighted by Gasteiger charge is -2.34. The molecule has 0 saturated carbocycles. The summed E-state index contributed by atoms with van der Waals surface area (Å²) in [6, 6.07) is 21.4. The van der Waals surface area contributed by atoms with Crippen molar-refractivity contribution in [3.63, 3.8) is 0 Å². The predicted molar refractivity (Wildman–Crippen MR) is 123 cm³/mol. The van der Waals surface area contributed by atoms with E-state index in [2.05, 4.69) is 10.6 Å². The van der Waals surface area contributed by atoms with Crippen LogP contribution >= 0.6 is 0 Å². The van der Waals surface area contributed by atoms with E-state index in [4.69, 9.17) is 4.74 Å². The smallest absolute Gasteiger partial charge is 0.252 e. The minimum absolute atomic E-state index is 0.107. The molecule has 7 nitrogen and oxygen atoms in total. The Balaban J connectivity index is 1.22. The number of amides is 3. The Morgan fingerprint density at radius 3 is 2.61 bits per heavy atom. The van der Waals surface area contributed by atoms with Crippen LogP contribution in [0, 0.1) is 0 Å². The highest BCUT2D eigenvalue weighted by atomic mass is 16.5. The van der Waals surface area contributed by atoms with Gasteiger partial charge in [0, 0.05) is 18.2 Å². The van der Waals surface area contributed by atoms with E-state index >= 15 is 0 Å². The lowest BCUT2D eigenvalue weighted by molar-refractivity contribution is -0.148. The van der Waals surface area contributed by atoms with Crippen LogP contribution in [0.25, 0.3) is 10.8 Å². The molecule has 3 aromatic carbocycles. The van der Waals surface area contributed by atoms with Gasteiger partial charge in [0.15, 0.2) is 0 Å². The fourth-order valence-corrected chi connectivity index (χ4v) is 4.63. The zero-order valence-electron chi connectivity index (χ0n) is 18.1. The predicted octanol–water partition coefficient (Wildman–Crippen LogP) is 2.25. The van der Waals surface area contributed by atoms with Gasteiger partial charge in [0.2, 0.25) is 11.8 Å². The number of carbonyl (C=O) groups excluding carboxylic acids is 3. The van der Waals surface area contributed by atoms with E-state index in [0.717, 1.165) is 16.3 Å². The molecule has 2 heterocycles. The van der Waals surface area contributed by atoms with Gasteiger partial charge in [0.25, 0.3) is 5.91 Å². The van der Waals surface area contributed by atoms with Crippen molar-refractivity contribution in [2.45, 2.75) is 31.2 Å².